The second kappa shape index (κ2) is 16.2. The number of carbonyl (C=O) groups is 4. The number of hydrogen-bond donors (Lipinski definition) is 5. The topological polar surface area (TPSA) is 189 Å². The van der Waals surface area contributed by atoms with Gasteiger partial charge in [0.15, 0.2) is 5.82 Å². The number of nitrogens with zero attached hydrogens (tertiary/aromatic N) is 5. The first kappa shape index (κ1) is 37.0. The third-order valence-corrected chi connectivity index (χ3v) is 8.86. The van der Waals surface area contributed by atoms with E-state index in [0.29, 0.717) is 37.3 Å². The SMILES string of the molecule is Cc1ccc(-c2n[nH]c(C(F)(F)F)c2-c2cnc(C(=O)NCc3ccc(C(=O)N4CCN(C(=O)C5CCNCC5)CC4)c(Cl)c3)[nH]2)nc1.O=CO. The van der Waals surface area contributed by atoms with Crippen LogP contribution in [0.1, 0.15) is 50.6 Å². The van der Waals surface area contributed by atoms with Gasteiger partial charge in [0.2, 0.25) is 5.91 Å². The van der Waals surface area contributed by atoms with E-state index in [9.17, 15) is 27.6 Å². The van der Waals surface area contributed by atoms with E-state index in [0.717, 1.165) is 37.7 Å². The molecule has 5 heterocycles. The average molecular weight is 730 g/mol. The molecule has 2 aliphatic heterocycles. The molecule has 18 heteroatoms. The number of piperazine rings is 1. The van der Waals surface area contributed by atoms with Crippen molar-refractivity contribution in [2.24, 2.45) is 5.92 Å². The van der Waals surface area contributed by atoms with Crippen LogP contribution in [0, 0.1) is 12.8 Å². The smallest absolute Gasteiger partial charge is 0.433 e. The van der Waals surface area contributed by atoms with Crippen molar-refractivity contribution in [1.29, 1.82) is 0 Å². The van der Waals surface area contributed by atoms with Crippen molar-refractivity contribution in [3.05, 3.63) is 76.0 Å². The van der Waals surface area contributed by atoms with Crippen molar-refractivity contribution in [3.8, 4) is 22.6 Å². The first-order valence-corrected chi connectivity index (χ1v) is 16.4. The second-order valence-electron chi connectivity index (χ2n) is 11.9. The fourth-order valence-electron chi connectivity index (χ4n) is 5.90. The van der Waals surface area contributed by atoms with Gasteiger partial charge in [0.1, 0.15) is 11.4 Å². The van der Waals surface area contributed by atoms with Crippen molar-refractivity contribution in [2.75, 3.05) is 39.3 Å². The predicted octanol–water partition coefficient (Wildman–Crippen LogP) is 3.76. The normalized spacial score (nSPS) is 15.2. The van der Waals surface area contributed by atoms with Crippen LogP contribution >= 0.6 is 11.6 Å². The summed E-state index contributed by atoms with van der Waals surface area (Å²) in [6, 6.07) is 8.08. The fourth-order valence-corrected chi connectivity index (χ4v) is 6.19. The molecule has 2 saturated heterocycles. The molecule has 0 unspecified atom stereocenters. The molecule has 2 aliphatic rings. The highest BCUT2D eigenvalue weighted by Gasteiger charge is 2.39. The number of hydrogen-bond acceptors (Lipinski definition) is 8. The Balaban J connectivity index is 0.00000162. The van der Waals surface area contributed by atoms with Gasteiger partial charge in [-0.25, -0.2) is 4.98 Å². The van der Waals surface area contributed by atoms with Crippen LogP contribution < -0.4 is 10.6 Å². The molecule has 3 amide bonds. The summed E-state index contributed by atoms with van der Waals surface area (Å²) in [4.78, 5) is 61.8. The van der Waals surface area contributed by atoms with Crippen LogP contribution in [0.3, 0.4) is 0 Å². The fraction of sp³-hybridized carbons (Fsp3) is 0.364. The van der Waals surface area contributed by atoms with E-state index in [1.54, 1.807) is 42.2 Å². The monoisotopic (exact) mass is 729 g/mol. The summed E-state index contributed by atoms with van der Waals surface area (Å²) in [5, 5.41) is 18.9. The highest BCUT2D eigenvalue weighted by Crippen LogP contribution is 2.40. The molecule has 51 heavy (non-hydrogen) atoms. The number of alkyl halides is 3. The maximum atomic E-state index is 13.9. The van der Waals surface area contributed by atoms with Crippen LogP contribution in [0.4, 0.5) is 13.2 Å². The lowest BCUT2D eigenvalue weighted by atomic mass is 9.96. The molecule has 0 saturated carbocycles. The molecular weight excluding hydrogens is 695 g/mol. The summed E-state index contributed by atoms with van der Waals surface area (Å²) in [5.41, 5.74) is 0.406. The molecule has 6 rings (SSSR count). The van der Waals surface area contributed by atoms with Gasteiger partial charge in [-0.15, -0.1) is 0 Å². The Kier molecular flexibility index (Phi) is 11.7. The molecule has 3 aromatic heterocycles. The molecule has 14 nitrogen and oxygen atoms in total. The molecule has 0 bridgehead atoms. The highest BCUT2D eigenvalue weighted by atomic mass is 35.5. The largest absolute Gasteiger partial charge is 0.483 e. The van der Waals surface area contributed by atoms with Gasteiger partial charge in [-0.1, -0.05) is 23.7 Å². The summed E-state index contributed by atoms with van der Waals surface area (Å²) in [6.07, 6.45) is -0.462. The molecule has 0 atom stereocenters. The Bertz CT molecular complexity index is 1870. The summed E-state index contributed by atoms with van der Waals surface area (Å²) in [5.74, 6) is -0.945. The van der Waals surface area contributed by atoms with Crippen molar-refractivity contribution < 1.29 is 37.5 Å². The van der Waals surface area contributed by atoms with E-state index in [-0.39, 0.29) is 64.2 Å². The Hall–Kier alpha value is -5.29. The number of halogens is 4. The molecule has 0 radical (unpaired) electrons. The molecule has 5 N–H and O–H groups in total. The zero-order valence-electron chi connectivity index (χ0n) is 27.4. The Morgan fingerprint density at radius 3 is 2.35 bits per heavy atom. The van der Waals surface area contributed by atoms with Crippen LogP contribution in [-0.4, -0.2) is 104 Å². The number of imidazole rings is 1. The molecule has 2 fully saturated rings. The lowest BCUT2D eigenvalue weighted by molar-refractivity contribution is -0.140. The van der Waals surface area contributed by atoms with Gasteiger partial charge in [0.05, 0.1) is 33.7 Å². The van der Waals surface area contributed by atoms with Crippen LogP contribution in [0.15, 0.2) is 42.7 Å². The van der Waals surface area contributed by atoms with Crippen molar-refractivity contribution in [2.45, 2.75) is 32.5 Å². The number of aryl methyl sites for hydroxylation is 1. The minimum absolute atomic E-state index is 0.0125. The number of carboxylic acid groups (broad SMARTS) is 1. The summed E-state index contributed by atoms with van der Waals surface area (Å²) < 4.78 is 41.6. The Morgan fingerprint density at radius 2 is 1.73 bits per heavy atom. The molecule has 0 aliphatic carbocycles. The van der Waals surface area contributed by atoms with E-state index in [1.807, 2.05) is 10.00 Å². The lowest BCUT2D eigenvalue weighted by Gasteiger charge is -2.37. The quantitative estimate of drug-likeness (QED) is 0.177. The Morgan fingerprint density at radius 1 is 1.04 bits per heavy atom. The number of nitrogens with one attached hydrogen (secondary N) is 4. The summed E-state index contributed by atoms with van der Waals surface area (Å²) >= 11 is 6.49. The zero-order chi connectivity index (χ0) is 36.7. The standard InChI is InChI=1S/C32H33ClF3N9O3.CH2O2/c1-18-2-5-23(38-15-18)26-25(27(43-42-26)32(34,35)36)24-17-39-28(41-24)29(46)40-16-19-3-4-21(22(33)14-19)31(48)45-12-10-44(11-13-45)30(47)20-6-8-37-9-7-20;2-1-3/h2-5,14-15,17,20,37H,6-13,16H2,1H3,(H,39,41)(H,40,46)(H,42,43);1H,(H,2,3). The minimum atomic E-state index is -4.76. The summed E-state index contributed by atoms with van der Waals surface area (Å²) in [6.45, 7) is 4.97. The van der Waals surface area contributed by atoms with Gasteiger partial charge in [-0.2, -0.15) is 18.3 Å². The zero-order valence-corrected chi connectivity index (χ0v) is 28.1. The molecule has 1 aromatic carbocycles. The predicted molar refractivity (Wildman–Crippen MR) is 179 cm³/mol. The minimum Gasteiger partial charge on any atom is -0.483 e. The number of pyridine rings is 1. The van der Waals surface area contributed by atoms with E-state index in [1.165, 1.54) is 6.20 Å². The number of carbonyl (C=O) groups excluding carboxylic acids is 3. The number of aromatic nitrogens is 5. The van der Waals surface area contributed by atoms with Crippen LogP contribution in [0.5, 0.6) is 0 Å². The molecule has 270 valence electrons. The van der Waals surface area contributed by atoms with Gasteiger partial charge >= 0.3 is 6.18 Å². The number of piperidine rings is 1. The van der Waals surface area contributed by atoms with Crippen molar-refractivity contribution in [3.63, 3.8) is 0 Å². The van der Waals surface area contributed by atoms with Crippen LogP contribution in [-0.2, 0) is 22.3 Å². The summed E-state index contributed by atoms with van der Waals surface area (Å²) in [7, 11) is 0. The number of rotatable bonds is 7. The third-order valence-electron chi connectivity index (χ3n) is 8.55. The van der Waals surface area contributed by atoms with Gasteiger partial charge in [-0.05, 0) is 62.2 Å². The second-order valence-corrected chi connectivity index (χ2v) is 12.3. The van der Waals surface area contributed by atoms with Crippen LogP contribution in [0.25, 0.3) is 22.6 Å². The number of aromatic amines is 2. The van der Waals surface area contributed by atoms with Crippen molar-refractivity contribution >= 4 is 35.8 Å². The third kappa shape index (κ3) is 8.72. The van der Waals surface area contributed by atoms with Gasteiger partial charge in [-0.3, -0.25) is 29.3 Å². The van der Waals surface area contributed by atoms with E-state index in [2.05, 4.69) is 30.7 Å². The maximum absolute atomic E-state index is 13.9. The lowest BCUT2D eigenvalue weighted by Crippen LogP contribution is -2.52. The first-order valence-electron chi connectivity index (χ1n) is 16.0. The van der Waals surface area contributed by atoms with E-state index in [4.69, 9.17) is 21.5 Å². The molecule has 4 aromatic rings. The highest BCUT2D eigenvalue weighted by molar-refractivity contribution is 6.33. The van der Waals surface area contributed by atoms with Gasteiger partial charge < -0.3 is 30.5 Å². The van der Waals surface area contributed by atoms with Gasteiger partial charge in [0.25, 0.3) is 18.3 Å². The first-order chi connectivity index (χ1) is 24.4. The van der Waals surface area contributed by atoms with Crippen LogP contribution in [0.2, 0.25) is 5.02 Å². The number of benzene rings is 1. The number of H-pyrrole nitrogens is 2. The maximum Gasteiger partial charge on any atom is 0.433 e. The van der Waals surface area contributed by atoms with Gasteiger partial charge in [0, 0.05) is 44.8 Å². The van der Waals surface area contributed by atoms with Crippen molar-refractivity contribution in [1.82, 2.24) is 45.6 Å². The molecular formula is C33H35ClF3N9O5. The Labute approximate surface area is 294 Å². The van der Waals surface area contributed by atoms with E-state index >= 15 is 0 Å². The van der Waals surface area contributed by atoms with E-state index < -0.39 is 17.8 Å². The average Bonchev–Trinajstić information content (AvgIpc) is 3.80. The number of amides is 3. The molecule has 0 spiro atoms.